The summed E-state index contributed by atoms with van der Waals surface area (Å²) in [5.41, 5.74) is 0.368. The van der Waals surface area contributed by atoms with Crippen molar-refractivity contribution in [3.05, 3.63) is 0 Å². The quantitative estimate of drug-likeness (QED) is 0.774. The van der Waals surface area contributed by atoms with E-state index < -0.39 is 0 Å². The Kier molecular flexibility index (Phi) is 3.88. The number of nitrogens with zero attached hydrogens (tertiary/aromatic N) is 1. The molecular weight excluding hydrogens is 200 g/mol. The third kappa shape index (κ3) is 2.41. The van der Waals surface area contributed by atoms with Crippen molar-refractivity contribution in [1.29, 1.82) is 0 Å². The Morgan fingerprint density at radius 3 is 2.69 bits per heavy atom. The van der Waals surface area contributed by atoms with E-state index in [1.807, 2.05) is 0 Å². The van der Waals surface area contributed by atoms with Gasteiger partial charge in [0.25, 0.3) is 0 Å². The molecule has 0 bridgehead atoms. The van der Waals surface area contributed by atoms with E-state index in [4.69, 9.17) is 4.74 Å². The second kappa shape index (κ2) is 5.03. The maximum Gasteiger partial charge on any atom is 0.0483 e. The lowest BCUT2D eigenvalue weighted by Gasteiger charge is -2.51. The first-order valence-corrected chi connectivity index (χ1v) is 6.73. The molecule has 2 unspecified atom stereocenters. The molecular formula is C13H26N2O. The van der Waals surface area contributed by atoms with Crippen LogP contribution in [0.25, 0.3) is 0 Å². The van der Waals surface area contributed by atoms with Gasteiger partial charge in [0.2, 0.25) is 0 Å². The minimum absolute atomic E-state index is 0.368. The maximum atomic E-state index is 5.50. The van der Waals surface area contributed by atoms with Crippen molar-refractivity contribution >= 4 is 0 Å². The van der Waals surface area contributed by atoms with Crippen molar-refractivity contribution in [1.82, 2.24) is 10.2 Å². The molecule has 16 heavy (non-hydrogen) atoms. The van der Waals surface area contributed by atoms with E-state index in [0.717, 1.165) is 19.8 Å². The Bertz CT molecular complexity index is 226. The molecule has 0 aromatic carbocycles. The van der Waals surface area contributed by atoms with Gasteiger partial charge < -0.3 is 10.1 Å². The van der Waals surface area contributed by atoms with Crippen LogP contribution in [0.2, 0.25) is 0 Å². The van der Waals surface area contributed by atoms with Gasteiger partial charge in [-0.15, -0.1) is 0 Å². The molecule has 1 N–H and O–H groups in total. The number of hydrogen-bond donors (Lipinski definition) is 1. The molecule has 2 aliphatic rings. The minimum atomic E-state index is 0.368. The number of ether oxygens (including phenoxy) is 1. The lowest BCUT2D eigenvalue weighted by molar-refractivity contribution is -0.0498. The summed E-state index contributed by atoms with van der Waals surface area (Å²) in [6, 6.07) is 1.33. The van der Waals surface area contributed by atoms with E-state index in [0.29, 0.717) is 17.6 Å². The van der Waals surface area contributed by atoms with Crippen molar-refractivity contribution < 1.29 is 4.74 Å². The average Bonchev–Trinajstić information content (AvgIpc) is 2.30. The molecule has 0 saturated carbocycles. The van der Waals surface area contributed by atoms with Gasteiger partial charge in [-0.05, 0) is 33.1 Å². The lowest BCUT2D eigenvalue weighted by atomic mass is 9.87. The van der Waals surface area contributed by atoms with Crippen molar-refractivity contribution in [2.45, 2.75) is 57.7 Å². The molecule has 0 spiro atoms. The highest BCUT2D eigenvalue weighted by atomic mass is 16.5. The number of hydrogen-bond acceptors (Lipinski definition) is 3. The number of piperazine rings is 1. The van der Waals surface area contributed by atoms with Gasteiger partial charge in [-0.2, -0.15) is 0 Å². The lowest BCUT2D eigenvalue weighted by Crippen LogP contribution is -2.63. The third-order valence-corrected chi connectivity index (χ3v) is 4.41. The van der Waals surface area contributed by atoms with Gasteiger partial charge in [-0.25, -0.2) is 0 Å². The summed E-state index contributed by atoms with van der Waals surface area (Å²) in [5.74, 6) is 0. The van der Waals surface area contributed by atoms with Crippen LogP contribution in [0.3, 0.4) is 0 Å². The first-order valence-electron chi connectivity index (χ1n) is 6.73. The smallest absolute Gasteiger partial charge is 0.0483 e. The van der Waals surface area contributed by atoms with Gasteiger partial charge in [0.1, 0.15) is 0 Å². The monoisotopic (exact) mass is 226 g/mol. The van der Waals surface area contributed by atoms with Gasteiger partial charge in [0.05, 0.1) is 0 Å². The summed E-state index contributed by atoms with van der Waals surface area (Å²) in [6.07, 6.45) is 3.61. The standard InChI is InChI=1S/C13H26N2O/c1-4-12-10-15(11(2)9-14-12)13(3)5-7-16-8-6-13/h11-12,14H,4-10H2,1-3H3. The zero-order chi connectivity index (χ0) is 11.6. The number of nitrogens with one attached hydrogen (secondary N) is 1. The fourth-order valence-electron chi connectivity index (χ4n) is 3.05. The topological polar surface area (TPSA) is 24.5 Å². The Labute approximate surface area is 99.5 Å². The molecule has 0 aliphatic carbocycles. The second-order valence-electron chi connectivity index (χ2n) is 5.62. The first-order chi connectivity index (χ1) is 7.65. The molecule has 2 rings (SSSR count). The van der Waals surface area contributed by atoms with Crippen LogP contribution in [0.1, 0.15) is 40.0 Å². The van der Waals surface area contributed by atoms with E-state index in [9.17, 15) is 0 Å². The second-order valence-corrected chi connectivity index (χ2v) is 5.62. The predicted molar refractivity (Wildman–Crippen MR) is 66.7 cm³/mol. The van der Waals surface area contributed by atoms with Gasteiger partial charge in [-0.1, -0.05) is 6.92 Å². The molecule has 2 aliphatic heterocycles. The highest BCUT2D eigenvalue weighted by Gasteiger charge is 2.39. The fourth-order valence-corrected chi connectivity index (χ4v) is 3.05. The normalized spacial score (nSPS) is 36.2. The van der Waals surface area contributed by atoms with Crippen molar-refractivity contribution in [2.24, 2.45) is 0 Å². The average molecular weight is 226 g/mol. The van der Waals surface area contributed by atoms with Crippen LogP contribution in [0.5, 0.6) is 0 Å². The van der Waals surface area contributed by atoms with E-state index in [2.05, 4.69) is 31.0 Å². The van der Waals surface area contributed by atoms with Gasteiger partial charge in [0, 0.05) is 43.9 Å². The fraction of sp³-hybridized carbons (Fsp3) is 1.00. The molecule has 0 aromatic rings. The Morgan fingerprint density at radius 2 is 2.06 bits per heavy atom. The van der Waals surface area contributed by atoms with E-state index in [1.54, 1.807) is 0 Å². The maximum absolute atomic E-state index is 5.50. The Hall–Kier alpha value is -0.120. The first kappa shape index (κ1) is 12.3. The van der Waals surface area contributed by atoms with Crippen LogP contribution < -0.4 is 5.32 Å². The van der Waals surface area contributed by atoms with Crippen LogP contribution in [-0.4, -0.2) is 48.8 Å². The summed E-state index contributed by atoms with van der Waals surface area (Å²) in [7, 11) is 0. The predicted octanol–water partition coefficient (Wildman–Crippen LogP) is 1.63. The Morgan fingerprint density at radius 1 is 1.38 bits per heavy atom. The van der Waals surface area contributed by atoms with Crippen LogP contribution in [0.15, 0.2) is 0 Å². The minimum Gasteiger partial charge on any atom is -0.381 e. The molecule has 0 radical (unpaired) electrons. The van der Waals surface area contributed by atoms with Gasteiger partial charge in [0.15, 0.2) is 0 Å². The molecule has 3 heteroatoms. The molecule has 2 fully saturated rings. The van der Waals surface area contributed by atoms with E-state index in [1.165, 1.54) is 25.8 Å². The third-order valence-electron chi connectivity index (χ3n) is 4.41. The number of rotatable bonds is 2. The molecule has 2 heterocycles. The van der Waals surface area contributed by atoms with Crippen LogP contribution in [0, 0.1) is 0 Å². The van der Waals surface area contributed by atoms with Gasteiger partial charge >= 0.3 is 0 Å². The van der Waals surface area contributed by atoms with Crippen LogP contribution in [0.4, 0.5) is 0 Å². The molecule has 2 atom stereocenters. The van der Waals surface area contributed by atoms with Crippen molar-refractivity contribution in [3.63, 3.8) is 0 Å². The largest absolute Gasteiger partial charge is 0.381 e. The summed E-state index contributed by atoms with van der Waals surface area (Å²) in [5, 5.41) is 3.63. The van der Waals surface area contributed by atoms with Crippen LogP contribution in [-0.2, 0) is 4.74 Å². The van der Waals surface area contributed by atoms with Crippen molar-refractivity contribution in [3.8, 4) is 0 Å². The van der Waals surface area contributed by atoms with E-state index >= 15 is 0 Å². The summed E-state index contributed by atoms with van der Waals surface area (Å²) < 4.78 is 5.50. The summed E-state index contributed by atoms with van der Waals surface area (Å²) >= 11 is 0. The highest BCUT2D eigenvalue weighted by Crippen LogP contribution is 2.30. The molecule has 3 nitrogen and oxygen atoms in total. The van der Waals surface area contributed by atoms with E-state index in [-0.39, 0.29) is 0 Å². The van der Waals surface area contributed by atoms with Gasteiger partial charge in [-0.3, -0.25) is 4.90 Å². The zero-order valence-corrected chi connectivity index (χ0v) is 11.0. The molecule has 94 valence electrons. The summed E-state index contributed by atoms with van der Waals surface area (Å²) in [4.78, 5) is 2.72. The zero-order valence-electron chi connectivity index (χ0n) is 11.0. The molecule has 2 saturated heterocycles. The Balaban J connectivity index is 2.04. The molecule has 0 aromatic heterocycles. The molecule has 0 amide bonds. The van der Waals surface area contributed by atoms with Crippen molar-refractivity contribution in [2.75, 3.05) is 26.3 Å². The van der Waals surface area contributed by atoms with Crippen LogP contribution >= 0.6 is 0 Å². The SMILES string of the molecule is CCC1CN(C2(C)CCOCC2)C(C)CN1. The summed E-state index contributed by atoms with van der Waals surface area (Å²) in [6.45, 7) is 11.2. The highest BCUT2D eigenvalue weighted by molar-refractivity contribution is 4.95.